The molecule has 3 rings (SSSR count). The van der Waals surface area contributed by atoms with E-state index >= 15 is 0 Å². The van der Waals surface area contributed by atoms with Crippen LogP contribution in [0.2, 0.25) is 0 Å². The molecule has 1 aromatic rings. The number of nitrogens with zero attached hydrogens (tertiary/aromatic N) is 2. The zero-order valence-corrected chi connectivity index (χ0v) is 13.9. The topological polar surface area (TPSA) is 51.2 Å². The first kappa shape index (κ1) is 16.1. The minimum absolute atomic E-state index is 0.0103. The summed E-state index contributed by atoms with van der Waals surface area (Å²) in [5.41, 5.74) is 0.568. The maximum atomic E-state index is 12.9. The molecule has 0 unspecified atom stereocenters. The van der Waals surface area contributed by atoms with Crippen LogP contribution in [-0.4, -0.2) is 75.9 Å². The third-order valence-electron chi connectivity index (χ3n) is 4.66. The number of hydrogen-bond donors (Lipinski definition) is 0. The van der Waals surface area contributed by atoms with E-state index in [0.29, 0.717) is 29.5 Å². The normalized spacial score (nSPS) is 24.9. The van der Waals surface area contributed by atoms with Crippen LogP contribution in [-0.2, 0) is 4.74 Å². The average molecular weight is 320 g/mol. The molecule has 0 radical (unpaired) electrons. The second kappa shape index (κ2) is 6.76. The lowest BCUT2D eigenvalue weighted by atomic mass is 10.1. The Morgan fingerprint density at radius 1 is 1.22 bits per heavy atom. The molecule has 2 fully saturated rings. The summed E-state index contributed by atoms with van der Waals surface area (Å²) in [6, 6.07) is 5.29. The number of carbonyl (C=O) groups is 1. The highest BCUT2D eigenvalue weighted by Gasteiger charge is 2.38. The first-order valence-corrected chi connectivity index (χ1v) is 7.94. The van der Waals surface area contributed by atoms with E-state index in [0.717, 1.165) is 26.2 Å². The number of benzene rings is 1. The van der Waals surface area contributed by atoms with Gasteiger partial charge in [-0.3, -0.25) is 4.79 Å². The molecule has 2 atom stereocenters. The molecule has 2 saturated heterocycles. The van der Waals surface area contributed by atoms with Gasteiger partial charge in [0.1, 0.15) is 11.5 Å². The van der Waals surface area contributed by atoms with Gasteiger partial charge in [-0.15, -0.1) is 0 Å². The van der Waals surface area contributed by atoms with E-state index in [9.17, 15) is 4.79 Å². The lowest BCUT2D eigenvalue weighted by Gasteiger charge is -2.20. The predicted octanol–water partition coefficient (Wildman–Crippen LogP) is 1.11. The molecular formula is C17H24N2O4. The molecule has 0 N–H and O–H groups in total. The zero-order valence-electron chi connectivity index (χ0n) is 13.9. The Labute approximate surface area is 136 Å². The Morgan fingerprint density at radius 2 is 2.04 bits per heavy atom. The van der Waals surface area contributed by atoms with Crippen molar-refractivity contribution in [2.24, 2.45) is 5.92 Å². The van der Waals surface area contributed by atoms with Crippen LogP contribution in [0.4, 0.5) is 0 Å². The molecule has 0 bridgehead atoms. The minimum atomic E-state index is -0.0103. The highest BCUT2D eigenvalue weighted by molar-refractivity contribution is 5.97. The smallest absolute Gasteiger partial charge is 0.257 e. The molecule has 6 nitrogen and oxygen atoms in total. The van der Waals surface area contributed by atoms with Crippen molar-refractivity contribution < 1.29 is 19.0 Å². The van der Waals surface area contributed by atoms with Crippen molar-refractivity contribution in [1.29, 1.82) is 0 Å². The van der Waals surface area contributed by atoms with E-state index in [2.05, 4.69) is 11.9 Å². The average Bonchev–Trinajstić information content (AvgIpc) is 2.87. The van der Waals surface area contributed by atoms with Crippen molar-refractivity contribution in [3.63, 3.8) is 0 Å². The van der Waals surface area contributed by atoms with E-state index in [1.807, 2.05) is 4.90 Å². The number of rotatable bonds is 3. The number of fused-ring (bicyclic) bond motifs is 1. The van der Waals surface area contributed by atoms with E-state index in [1.54, 1.807) is 32.4 Å². The van der Waals surface area contributed by atoms with Crippen molar-refractivity contribution in [3.8, 4) is 11.5 Å². The standard InChI is InChI=1S/C17H24N2O4/c1-18-6-7-23-16-11-19(10-12(16)9-18)17(20)14-5-4-13(21-2)8-15(14)22-3/h4-5,8,12,16H,6-7,9-11H2,1-3H3/t12-,16+/m0/s1. The number of likely N-dealkylation sites (tertiary alicyclic amines) is 1. The van der Waals surface area contributed by atoms with Crippen LogP contribution in [0, 0.1) is 5.92 Å². The van der Waals surface area contributed by atoms with Gasteiger partial charge in [-0.1, -0.05) is 0 Å². The van der Waals surface area contributed by atoms with Crippen molar-refractivity contribution in [3.05, 3.63) is 23.8 Å². The van der Waals surface area contributed by atoms with Crippen LogP contribution in [0.3, 0.4) is 0 Å². The Morgan fingerprint density at radius 3 is 2.78 bits per heavy atom. The molecule has 126 valence electrons. The Kier molecular flexibility index (Phi) is 4.73. The van der Waals surface area contributed by atoms with Crippen molar-refractivity contribution in [2.75, 3.05) is 54.1 Å². The highest BCUT2D eigenvalue weighted by Crippen LogP contribution is 2.29. The number of hydrogen-bond acceptors (Lipinski definition) is 5. The van der Waals surface area contributed by atoms with E-state index in [-0.39, 0.29) is 12.0 Å². The summed E-state index contributed by atoms with van der Waals surface area (Å²) >= 11 is 0. The lowest BCUT2D eigenvalue weighted by molar-refractivity contribution is 0.0487. The second-order valence-corrected chi connectivity index (χ2v) is 6.21. The van der Waals surface area contributed by atoms with Gasteiger partial charge in [0.2, 0.25) is 0 Å². The highest BCUT2D eigenvalue weighted by atomic mass is 16.5. The summed E-state index contributed by atoms with van der Waals surface area (Å²) in [5.74, 6) is 1.58. The summed E-state index contributed by atoms with van der Waals surface area (Å²) in [4.78, 5) is 17.0. The fourth-order valence-corrected chi connectivity index (χ4v) is 3.37. The van der Waals surface area contributed by atoms with Gasteiger partial charge in [0, 0.05) is 38.2 Å². The van der Waals surface area contributed by atoms with E-state index < -0.39 is 0 Å². The van der Waals surface area contributed by atoms with Gasteiger partial charge < -0.3 is 24.0 Å². The lowest BCUT2D eigenvalue weighted by Crippen LogP contribution is -2.32. The maximum Gasteiger partial charge on any atom is 0.257 e. The van der Waals surface area contributed by atoms with E-state index in [1.165, 1.54) is 0 Å². The molecule has 2 aliphatic heterocycles. The monoisotopic (exact) mass is 320 g/mol. The van der Waals surface area contributed by atoms with Crippen LogP contribution in [0.1, 0.15) is 10.4 Å². The van der Waals surface area contributed by atoms with Crippen LogP contribution >= 0.6 is 0 Å². The number of carbonyl (C=O) groups excluding carboxylic acids is 1. The number of likely N-dealkylation sites (N-methyl/N-ethyl adjacent to an activating group) is 1. The summed E-state index contributed by atoms with van der Waals surface area (Å²) in [6.07, 6.45) is 0.133. The van der Waals surface area contributed by atoms with E-state index in [4.69, 9.17) is 14.2 Å². The van der Waals surface area contributed by atoms with Gasteiger partial charge in [0.05, 0.1) is 32.5 Å². The number of ether oxygens (including phenoxy) is 3. The first-order valence-electron chi connectivity index (χ1n) is 7.94. The molecule has 0 saturated carbocycles. The molecule has 1 amide bonds. The second-order valence-electron chi connectivity index (χ2n) is 6.21. The quantitative estimate of drug-likeness (QED) is 0.835. The number of methoxy groups -OCH3 is 2. The van der Waals surface area contributed by atoms with Crippen LogP contribution in [0.5, 0.6) is 11.5 Å². The van der Waals surface area contributed by atoms with Gasteiger partial charge in [-0.2, -0.15) is 0 Å². The molecule has 23 heavy (non-hydrogen) atoms. The van der Waals surface area contributed by atoms with Crippen molar-refractivity contribution >= 4 is 5.91 Å². The fourth-order valence-electron chi connectivity index (χ4n) is 3.37. The Bertz CT molecular complexity index is 578. The molecule has 0 spiro atoms. The predicted molar refractivity (Wildman–Crippen MR) is 86.2 cm³/mol. The van der Waals surface area contributed by atoms with Crippen LogP contribution < -0.4 is 9.47 Å². The van der Waals surface area contributed by atoms with Crippen molar-refractivity contribution in [2.45, 2.75) is 6.10 Å². The molecule has 6 heteroatoms. The third-order valence-corrected chi connectivity index (χ3v) is 4.66. The van der Waals surface area contributed by atoms with Gasteiger partial charge in [0.15, 0.2) is 0 Å². The molecular weight excluding hydrogens is 296 g/mol. The van der Waals surface area contributed by atoms with Crippen LogP contribution in [0.15, 0.2) is 18.2 Å². The fraction of sp³-hybridized carbons (Fsp3) is 0.588. The van der Waals surface area contributed by atoms with Gasteiger partial charge in [0.25, 0.3) is 5.91 Å². The van der Waals surface area contributed by atoms with Gasteiger partial charge >= 0.3 is 0 Å². The van der Waals surface area contributed by atoms with Crippen LogP contribution in [0.25, 0.3) is 0 Å². The third kappa shape index (κ3) is 3.28. The summed E-state index contributed by atoms with van der Waals surface area (Å²) in [5, 5.41) is 0. The summed E-state index contributed by atoms with van der Waals surface area (Å²) < 4.78 is 16.5. The Hall–Kier alpha value is -1.79. The van der Waals surface area contributed by atoms with Gasteiger partial charge in [-0.05, 0) is 19.2 Å². The molecule has 0 aromatic heterocycles. The molecule has 2 aliphatic rings. The SMILES string of the molecule is COc1ccc(C(=O)N2C[C@@H]3CN(C)CCO[C@@H]3C2)c(OC)c1. The number of amides is 1. The first-order chi connectivity index (χ1) is 11.1. The summed E-state index contributed by atoms with van der Waals surface area (Å²) in [6.45, 7) is 4.02. The maximum absolute atomic E-state index is 12.9. The Balaban J connectivity index is 1.76. The molecule has 1 aromatic carbocycles. The van der Waals surface area contributed by atoms with Crippen molar-refractivity contribution in [1.82, 2.24) is 9.80 Å². The molecule has 0 aliphatic carbocycles. The summed E-state index contributed by atoms with van der Waals surface area (Å²) in [7, 11) is 5.26. The molecule has 2 heterocycles. The van der Waals surface area contributed by atoms with Gasteiger partial charge in [-0.25, -0.2) is 0 Å². The zero-order chi connectivity index (χ0) is 16.4. The largest absolute Gasteiger partial charge is 0.497 e. The minimum Gasteiger partial charge on any atom is -0.497 e.